The van der Waals surface area contributed by atoms with Crippen LogP contribution in [0, 0.1) is 29.6 Å². The predicted molar refractivity (Wildman–Crippen MR) is 157 cm³/mol. The molecule has 14 atom stereocenters. The summed E-state index contributed by atoms with van der Waals surface area (Å²) in [7, 11) is 6.04. The van der Waals surface area contributed by atoms with Gasteiger partial charge >= 0.3 is 5.97 Å². The van der Waals surface area contributed by atoms with Gasteiger partial charge in [0.15, 0.2) is 6.29 Å². The molecule has 0 aromatic heterocycles. The number of aliphatic hydroxyl groups excluding tert-OH is 2. The van der Waals surface area contributed by atoms with Crippen molar-refractivity contribution in [3.8, 4) is 0 Å². The van der Waals surface area contributed by atoms with Crippen LogP contribution in [0.1, 0.15) is 81.6 Å². The first-order valence-electron chi connectivity index (χ1n) is 15.4. The lowest BCUT2D eigenvalue weighted by molar-refractivity contribution is -0.259. The Hall–Kier alpha value is -0.810. The maximum absolute atomic E-state index is 13.6. The molecule has 0 bridgehead atoms. The summed E-state index contributed by atoms with van der Waals surface area (Å²) in [5.41, 5.74) is -1.42. The number of cyclic esters (lactones) is 1. The fourth-order valence-corrected chi connectivity index (χ4v) is 6.95. The van der Waals surface area contributed by atoms with Crippen molar-refractivity contribution in [3.63, 3.8) is 0 Å². The minimum Gasteiger partial charge on any atom is -0.462 e. The highest BCUT2D eigenvalue weighted by Crippen LogP contribution is 2.36. The first-order chi connectivity index (χ1) is 18.4. The lowest BCUT2D eigenvalue weighted by atomic mass is 9.78. The first-order valence-corrected chi connectivity index (χ1v) is 15.4. The minimum absolute atomic E-state index is 0.0402. The topological polar surface area (TPSA) is 112 Å². The van der Waals surface area contributed by atoms with Crippen LogP contribution >= 0.6 is 0 Å². The van der Waals surface area contributed by atoms with Gasteiger partial charge < -0.3 is 39.3 Å². The second kappa shape index (κ2) is 14.6. The van der Waals surface area contributed by atoms with E-state index in [2.05, 4.69) is 16.7 Å². The predicted octanol–water partition coefficient (Wildman–Crippen LogP) is 3.14. The SMILES string of the molecule is CC[C@H]1OC(=O)[C@H](C)[C@@H](OC2CC(N(C)C)C(C)C(C)O2)[C@H](C)[C@@H](O)[C@](C)(O)C[C@@H](C)CN(C)[C@H](C)[C@@H](O)[C@H]1C. The molecule has 0 spiro atoms. The van der Waals surface area contributed by atoms with Crippen LogP contribution in [-0.4, -0.2) is 113 Å². The normalized spacial score (nSPS) is 47.4. The van der Waals surface area contributed by atoms with Crippen LogP contribution in [0.25, 0.3) is 0 Å². The summed E-state index contributed by atoms with van der Waals surface area (Å²) in [5, 5.41) is 34.3. The van der Waals surface area contributed by atoms with E-state index in [9.17, 15) is 20.1 Å². The van der Waals surface area contributed by atoms with E-state index in [1.807, 2.05) is 62.7 Å². The van der Waals surface area contributed by atoms with Crippen molar-refractivity contribution in [1.82, 2.24) is 9.80 Å². The molecule has 0 saturated carbocycles. The molecule has 2 aliphatic rings. The molecule has 0 radical (unpaired) electrons. The quantitative estimate of drug-likeness (QED) is 0.438. The average molecular weight is 573 g/mol. The molecule has 0 aliphatic carbocycles. The molecule has 0 aromatic carbocycles. The zero-order valence-corrected chi connectivity index (χ0v) is 27.2. The molecule has 2 saturated heterocycles. The van der Waals surface area contributed by atoms with Crippen molar-refractivity contribution in [1.29, 1.82) is 0 Å². The van der Waals surface area contributed by atoms with Gasteiger partial charge in [-0.2, -0.15) is 0 Å². The van der Waals surface area contributed by atoms with Crippen molar-refractivity contribution < 1.29 is 34.3 Å². The highest BCUT2D eigenvalue weighted by Gasteiger charge is 2.46. The molecule has 2 aliphatic heterocycles. The number of rotatable bonds is 4. The molecule has 40 heavy (non-hydrogen) atoms. The summed E-state index contributed by atoms with van der Waals surface area (Å²) in [6.45, 7) is 18.0. The standard InChI is InChI=1S/C31H60N2O7/c1-13-25-19(4)27(34)22(7)33(12)16-17(2)15-31(9,37)29(35)20(5)28(21(6)30(36)39-25)40-26-14-24(32(10)11)18(3)23(8)38-26/h17-29,34-35,37H,13-16H2,1-12H3/t17-,18?,19+,20+,21-,22-,23?,24?,25-,26?,27+,28+,29-,31-/m1/s1. The van der Waals surface area contributed by atoms with Crippen LogP contribution in [0.5, 0.6) is 0 Å². The Morgan fingerprint density at radius 2 is 1.65 bits per heavy atom. The Kier molecular flexibility index (Phi) is 12.9. The van der Waals surface area contributed by atoms with Crippen LogP contribution in [-0.2, 0) is 19.0 Å². The van der Waals surface area contributed by atoms with Crippen molar-refractivity contribution in [3.05, 3.63) is 0 Å². The van der Waals surface area contributed by atoms with Gasteiger partial charge in [0.1, 0.15) is 6.10 Å². The van der Waals surface area contributed by atoms with E-state index in [1.54, 1.807) is 13.8 Å². The number of carbonyl (C=O) groups is 1. The van der Waals surface area contributed by atoms with Crippen molar-refractivity contribution in [2.24, 2.45) is 29.6 Å². The van der Waals surface area contributed by atoms with Crippen molar-refractivity contribution in [2.45, 2.75) is 136 Å². The molecule has 2 rings (SSSR count). The maximum Gasteiger partial charge on any atom is 0.311 e. The average Bonchev–Trinajstić information content (AvgIpc) is 2.88. The first kappa shape index (κ1) is 35.4. The highest BCUT2D eigenvalue weighted by atomic mass is 16.7. The molecule has 2 fully saturated rings. The number of nitrogens with zero attached hydrogens (tertiary/aromatic N) is 2. The number of likely N-dealkylation sites (N-methyl/N-ethyl adjacent to an activating group) is 1. The van der Waals surface area contributed by atoms with E-state index in [1.165, 1.54) is 0 Å². The molecule has 0 amide bonds. The van der Waals surface area contributed by atoms with Crippen molar-refractivity contribution in [2.75, 3.05) is 27.7 Å². The van der Waals surface area contributed by atoms with Crippen LogP contribution in [0.2, 0.25) is 0 Å². The molecule has 9 nitrogen and oxygen atoms in total. The van der Waals surface area contributed by atoms with Gasteiger partial charge in [-0.15, -0.1) is 0 Å². The van der Waals surface area contributed by atoms with Gasteiger partial charge in [0.25, 0.3) is 0 Å². The summed E-state index contributed by atoms with van der Waals surface area (Å²) in [5.74, 6) is -1.72. The molecular formula is C31H60N2O7. The third kappa shape index (κ3) is 8.39. The second-order valence-electron chi connectivity index (χ2n) is 13.7. The van der Waals surface area contributed by atoms with Gasteiger partial charge in [-0.25, -0.2) is 0 Å². The molecule has 3 N–H and O–H groups in total. The zero-order valence-electron chi connectivity index (χ0n) is 27.2. The smallest absolute Gasteiger partial charge is 0.311 e. The van der Waals surface area contributed by atoms with Gasteiger partial charge in [-0.05, 0) is 73.5 Å². The fourth-order valence-electron chi connectivity index (χ4n) is 6.95. The monoisotopic (exact) mass is 572 g/mol. The highest BCUT2D eigenvalue weighted by molar-refractivity contribution is 5.73. The molecule has 4 unspecified atom stereocenters. The number of aliphatic hydroxyl groups is 3. The van der Waals surface area contributed by atoms with Crippen LogP contribution in [0.3, 0.4) is 0 Å². The summed E-state index contributed by atoms with van der Waals surface area (Å²) in [6.07, 6.45) is -2.19. The third-order valence-corrected chi connectivity index (χ3v) is 9.98. The fraction of sp³-hybridized carbons (Fsp3) is 0.968. The van der Waals surface area contributed by atoms with Gasteiger partial charge in [0, 0.05) is 36.9 Å². The van der Waals surface area contributed by atoms with E-state index in [-0.39, 0.29) is 30.0 Å². The number of esters is 1. The Balaban J connectivity index is 2.47. The Labute approximate surface area is 243 Å². The Bertz CT molecular complexity index is 796. The molecule has 2 heterocycles. The van der Waals surface area contributed by atoms with E-state index in [0.29, 0.717) is 31.7 Å². The summed E-state index contributed by atoms with van der Waals surface area (Å²) >= 11 is 0. The Morgan fingerprint density at radius 1 is 1.05 bits per heavy atom. The largest absolute Gasteiger partial charge is 0.462 e. The molecule has 236 valence electrons. The van der Waals surface area contributed by atoms with Gasteiger partial charge in [0.05, 0.1) is 35.9 Å². The maximum atomic E-state index is 13.6. The molecule has 9 heteroatoms. The van der Waals surface area contributed by atoms with Crippen LogP contribution in [0.4, 0.5) is 0 Å². The number of hydrogen-bond donors (Lipinski definition) is 3. The minimum atomic E-state index is -1.42. The number of carbonyl (C=O) groups excluding carboxylic acids is 1. The summed E-state index contributed by atoms with van der Waals surface area (Å²) in [4.78, 5) is 17.9. The van der Waals surface area contributed by atoms with Gasteiger partial charge in [-0.1, -0.05) is 34.6 Å². The van der Waals surface area contributed by atoms with E-state index >= 15 is 0 Å². The summed E-state index contributed by atoms with van der Waals surface area (Å²) < 4.78 is 18.9. The number of ether oxygens (including phenoxy) is 3. The van der Waals surface area contributed by atoms with Gasteiger partial charge in [0.2, 0.25) is 0 Å². The van der Waals surface area contributed by atoms with Crippen molar-refractivity contribution >= 4 is 5.97 Å². The second-order valence-corrected chi connectivity index (χ2v) is 13.7. The van der Waals surface area contributed by atoms with Crippen LogP contribution in [0.15, 0.2) is 0 Å². The third-order valence-electron chi connectivity index (χ3n) is 9.98. The molecule has 0 aromatic rings. The molecular weight excluding hydrogens is 512 g/mol. The van der Waals surface area contributed by atoms with E-state index in [4.69, 9.17) is 14.2 Å². The lowest BCUT2D eigenvalue weighted by Crippen LogP contribution is -2.54. The van der Waals surface area contributed by atoms with Crippen LogP contribution < -0.4 is 0 Å². The van der Waals surface area contributed by atoms with E-state index in [0.717, 1.165) is 0 Å². The Morgan fingerprint density at radius 3 is 2.20 bits per heavy atom. The zero-order chi connectivity index (χ0) is 30.7. The van der Waals surface area contributed by atoms with Gasteiger partial charge in [-0.3, -0.25) is 4.79 Å². The van der Waals surface area contributed by atoms with E-state index < -0.39 is 54.1 Å². The lowest BCUT2D eigenvalue weighted by Gasteiger charge is -2.45. The number of hydrogen-bond acceptors (Lipinski definition) is 9. The summed E-state index contributed by atoms with van der Waals surface area (Å²) in [6, 6.07) is 0.0448.